The molecule has 1 fully saturated rings. The van der Waals surface area contributed by atoms with E-state index in [9.17, 15) is 9.18 Å². The molecule has 7 nitrogen and oxygen atoms in total. The first kappa shape index (κ1) is 24.2. The number of benzene rings is 2. The summed E-state index contributed by atoms with van der Waals surface area (Å²) in [5.74, 6) is 1.31. The third-order valence-electron chi connectivity index (χ3n) is 6.06. The van der Waals surface area contributed by atoms with Gasteiger partial charge in [-0.3, -0.25) is 14.3 Å². The molecule has 0 spiro atoms. The van der Waals surface area contributed by atoms with E-state index >= 15 is 0 Å². The van der Waals surface area contributed by atoms with Gasteiger partial charge in [0, 0.05) is 17.8 Å². The van der Waals surface area contributed by atoms with Gasteiger partial charge in [-0.15, -0.1) is 10.2 Å². The van der Waals surface area contributed by atoms with Crippen LogP contribution in [0.25, 0.3) is 5.69 Å². The van der Waals surface area contributed by atoms with Crippen LogP contribution < -0.4 is 10.1 Å². The number of methoxy groups -OCH3 is 1. The summed E-state index contributed by atoms with van der Waals surface area (Å²) in [4.78, 5) is 15.0. The van der Waals surface area contributed by atoms with Gasteiger partial charge in [-0.1, -0.05) is 36.4 Å². The van der Waals surface area contributed by atoms with Gasteiger partial charge in [0.2, 0.25) is 5.91 Å². The van der Waals surface area contributed by atoms with Crippen LogP contribution in [0.1, 0.15) is 43.6 Å². The van der Waals surface area contributed by atoms with E-state index in [2.05, 4.69) is 27.3 Å². The molecule has 3 aromatic rings. The van der Waals surface area contributed by atoms with Gasteiger partial charge in [-0.2, -0.15) is 0 Å². The van der Waals surface area contributed by atoms with Crippen LogP contribution in [-0.4, -0.2) is 51.5 Å². The molecule has 1 saturated heterocycles. The van der Waals surface area contributed by atoms with Crippen molar-refractivity contribution in [2.24, 2.45) is 0 Å². The molecule has 1 aliphatic heterocycles. The van der Waals surface area contributed by atoms with Crippen molar-refractivity contribution in [3.8, 4) is 11.4 Å². The van der Waals surface area contributed by atoms with Crippen LogP contribution in [0.2, 0.25) is 0 Å². The molecule has 0 saturated carbocycles. The first-order chi connectivity index (χ1) is 16.6. The summed E-state index contributed by atoms with van der Waals surface area (Å²) in [5.41, 5.74) is 1.69. The number of piperidine rings is 1. The van der Waals surface area contributed by atoms with Gasteiger partial charge in [0.05, 0.1) is 18.9 Å². The fourth-order valence-corrected chi connectivity index (χ4v) is 4.96. The quantitative estimate of drug-likeness (QED) is 0.456. The first-order valence-electron chi connectivity index (χ1n) is 11.5. The van der Waals surface area contributed by atoms with Crippen molar-refractivity contribution in [2.45, 2.75) is 43.9 Å². The Balaban J connectivity index is 1.49. The van der Waals surface area contributed by atoms with Crippen molar-refractivity contribution in [3.63, 3.8) is 0 Å². The number of halogens is 1. The molecule has 34 heavy (non-hydrogen) atoms. The molecule has 1 N–H and O–H groups in total. The van der Waals surface area contributed by atoms with Gasteiger partial charge in [-0.25, -0.2) is 4.39 Å². The van der Waals surface area contributed by atoms with Gasteiger partial charge in [0.25, 0.3) is 0 Å². The number of ether oxygens (including phenoxy) is 1. The Hall–Kier alpha value is -2.91. The average molecular weight is 484 g/mol. The maximum absolute atomic E-state index is 13.6. The predicted molar refractivity (Wildman–Crippen MR) is 131 cm³/mol. The molecule has 4 rings (SSSR count). The van der Waals surface area contributed by atoms with Crippen molar-refractivity contribution >= 4 is 17.7 Å². The number of hydrogen-bond donors (Lipinski definition) is 1. The standard InChI is InChI=1S/C25H30FN5O2S/c1-18(30-14-6-3-7-15-30)24-28-29-25(31(24)21-12-10-20(26)11-13-21)34-17-23(32)27-16-19-8-4-5-9-22(19)33-2/h4-5,8-13,18H,3,6-7,14-17H2,1-2H3,(H,27,32). The monoisotopic (exact) mass is 483 g/mol. The van der Waals surface area contributed by atoms with Gasteiger partial charge in [0.15, 0.2) is 11.0 Å². The average Bonchev–Trinajstić information content (AvgIpc) is 3.30. The number of aromatic nitrogens is 3. The number of carbonyl (C=O) groups is 1. The third kappa shape index (κ3) is 5.77. The second-order valence-electron chi connectivity index (χ2n) is 8.30. The first-order valence-corrected chi connectivity index (χ1v) is 12.5. The minimum atomic E-state index is -0.299. The lowest BCUT2D eigenvalue weighted by Crippen LogP contribution is -2.33. The number of likely N-dealkylation sites (tertiary alicyclic amines) is 1. The lowest BCUT2D eigenvalue weighted by Gasteiger charge is -2.31. The number of para-hydroxylation sites is 1. The van der Waals surface area contributed by atoms with Crippen LogP contribution in [0.5, 0.6) is 5.75 Å². The third-order valence-corrected chi connectivity index (χ3v) is 6.99. The SMILES string of the molecule is COc1ccccc1CNC(=O)CSc1nnc(C(C)N2CCCCC2)n1-c1ccc(F)cc1. The molecule has 1 aromatic heterocycles. The van der Waals surface area contributed by atoms with E-state index in [-0.39, 0.29) is 23.5 Å². The van der Waals surface area contributed by atoms with E-state index in [1.54, 1.807) is 19.2 Å². The molecule has 2 heterocycles. The number of hydrogen-bond acceptors (Lipinski definition) is 6. The van der Waals surface area contributed by atoms with Gasteiger partial charge in [0.1, 0.15) is 11.6 Å². The molecule has 180 valence electrons. The van der Waals surface area contributed by atoms with Crippen LogP contribution in [0.3, 0.4) is 0 Å². The minimum Gasteiger partial charge on any atom is -0.496 e. The fraction of sp³-hybridized carbons (Fsp3) is 0.400. The van der Waals surface area contributed by atoms with Crippen LogP contribution in [0.4, 0.5) is 4.39 Å². The Morgan fingerprint density at radius 2 is 1.85 bits per heavy atom. The zero-order valence-corrected chi connectivity index (χ0v) is 20.4. The van der Waals surface area contributed by atoms with Crippen LogP contribution >= 0.6 is 11.8 Å². The van der Waals surface area contributed by atoms with Crippen molar-refractivity contribution in [1.82, 2.24) is 25.0 Å². The normalized spacial score (nSPS) is 15.1. The Morgan fingerprint density at radius 1 is 1.12 bits per heavy atom. The second kappa shape index (κ2) is 11.5. The number of nitrogens with one attached hydrogen (secondary N) is 1. The summed E-state index contributed by atoms with van der Waals surface area (Å²) >= 11 is 1.32. The second-order valence-corrected chi connectivity index (χ2v) is 9.24. The summed E-state index contributed by atoms with van der Waals surface area (Å²) in [6.07, 6.45) is 3.59. The fourth-order valence-electron chi connectivity index (χ4n) is 4.17. The highest BCUT2D eigenvalue weighted by Crippen LogP contribution is 2.29. The number of rotatable bonds is 9. The predicted octanol–water partition coefficient (Wildman–Crippen LogP) is 4.37. The van der Waals surface area contributed by atoms with E-state index < -0.39 is 0 Å². The molecular formula is C25H30FN5O2S. The number of nitrogens with zero attached hydrogens (tertiary/aromatic N) is 4. The Morgan fingerprint density at radius 3 is 2.59 bits per heavy atom. The highest BCUT2D eigenvalue weighted by atomic mass is 32.2. The molecule has 0 radical (unpaired) electrons. The maximum atomic E-state index is 13.6. The van der Waals surface area contributed by atoms with Gasteiger partial charge < -0.3 is 10.1 Å². The molecule has 9 heteroatoms. The van der Waals surface area contributed by atoms with E-state index in [1.807, 2.05) is 28.8 Å². The molecule has 1 unspecified atom stereocenters. The van der Waals surface area contributed by atoms with Gasteiger partial charge >= 0.3 is 0 Å². The Labute approximate surface area is 203 Å². The Kier molecular flexibility index (Phi) is 8.18. The molecule has 1 aliphatic rings. The molecule has 1 atom stereocenters. The summed E-state index contributed by atoms with van der Waals surface area (Å²) in [6.45, 7) is 4.55. The largest absolute Gasteiger partial charge is 0.496 e. The zero-order chi connectivity index (χ0) is 23.9. The van der Waals surface area contributed by atoms with Crippen molar-refractivity contribution < 1.29 is 13.9 Å². The number of thioether (sulfide) groups is 1. The van der Waals surface area contributed by atoms with E-state index in [4.69, 9.17) is 4.74 Å². The van der Waals surface area contributed by atoms with Crippen molar-refractivity contribution in [3.05, 3.63) is 65.7 Å². The lowest BCUT2D eigenvalue weighted by molar-refractivity contribution is -0.118. The van der Waals surface area contributed by atoms with Crippen LogP contribution in [0, 0.1) is 5.82 Å². The highest BCUT2D eigenvalue weighted by molar-refractivity contribution is 7.99. The minimum absolute atomic E-state index is 0.0616. The van der Waals surface area contributed by atoms with Crippen LogP contribution in [0.15, 0.2) is 53.7 Å². The molecule has 2 aromatic carbocycles. The topological polar surface area (TPSA) is 72.3 Å². The number of carbonyl (C=O) groups excluding carboxylic acids is 1. The number of amides is 1. The van der Waals surface area contributed by atoms with Crippen LogP contribution in [-0.2, 0) is 11.3 Å². The summed E-state index contributed by atoms with van der Waals surface area (Å²) in [6, 6.07) is 14.0. The van der Waals surface area contributed by atoms with E-state index in [0.717, 1.165) is 35.9 Å². The molecule has 1 amide bonds. The highest BCUT2D eigenvalue weighted by Gasteiger charge is 2.25. The summed E-state index contributed by atoms with van der Waals surface area (Å²) in [5, 5.41) is 12.4. The zero-order valence-electron chi connectivity index (χ0n) is 19.5. The smallest absolute Gasteiger partial charge is 0.230 e. The molecule has 0 aliphatic carbocycles. The summed E-state index contributed by atoms with van der Waals surface area (Å²) < 4.78 is 20.9. The van der Waals surface area contributed by atoms with Crippen molar-refractivity contribution in [2.75, 3.05) is 26.0 Å². The molecule has 0 bridgehead atoms. The summed E-state index contributed by atoms with van der Waals surface area (Å²) in [7, 11) is 1.61. The van der Waals surface area contributed by atoms with E-state index in [1.165, 1.54) is 43.2 Å². The van der Waals surface area contributed by atoms with Gasteiger partial charge in [-0.05, 0) is 63.2 Å². The maximum Gasteiger partial charge on any atom is 0.230 e. The lowest BCUT2D eigenvalue weighted by atomic mass is 10.1. The Bertz CT molecular complexity index is 1100. The van der Waals surface area contributed by atoms with E-state index in [0.29, 0.717) is 11.7 Å². The van der Waals surface area contributed by atoms with Crippen molar-refractivity contribution in [1.29, 1.82) is 0 Å². The molecular weight excluding hydrogens is 453 g/mol.